The fraction of sp³-hybridized carbons (Fsp3) is 0.556. The number of nitrogens with one attached hydrogen (secondary N) is 2. The first-order valence-electron chi connectivity index (χ1n) is 8.43. The molecule has 1 aliphatic rings. The standard InChI is InChI=1S/C18H25ClFN3O2/c1-18(2,3)22-16(24)11-23-8-6-12(7-9-23)17(25)21-15-10-13(19)4-5-14(15)20/h4-5,10,12H,6-9,11H2,1-3H3,(H,21,25)(H,22,24). The van der Waals surface area contributed by atoms with Gasteiger partial charge in [0.15, 0.2) is 0 Å². The van der Waals surface area contributed by atoms with E-state index in [2.05, 4.69) is 10.6 Å². The lowest BCUT2D eigenvalue weighted by Crippen LogP contribution is -2.48. The molecule has 2 amide bonds. The molecule has 0 spiro atoms. The largest absolute Gasteiger partial charge is 0.350 e. The van der Waals surface area contributed by atoms with Crippen molar-refractivity contribution in [3.63, 3.8) is 0 Å². The van der Waals surface area contributed by atoms with Crippen LogP contribution in [0.25, 0.3) is 0 Å². The predicted octanol–water partition coefficient (Wildman–Crippen LogP) is 3.04. The van der Waals surface area contributed by atoms with Crippen molar-refractivity contribution in [1.29, 1.82) is 0 Å². The topological polar surface area (TPSA) is 61.4 Å². The smallest absolute Gasteiger partial charge is 0.234 e. The second kappa shape index (κ2) is 8.15. The Morgan fingerprint density at radius 3 is 2.52 bits per heavy atom. The molecule has 1 heterocycles. The van der Waals surface area contributed by atoms with Crippen LogP contribution < -0.4 is 10.6 Å². The van der Waals surface area contributed by atoms with Crippen LogP contribution in [0.15, 0.2) is 18.2 Å². The molecule has 0 bridgehead atoms. The zero-order chi connectivity index (χ0) is 18.6. The number of rotatable bonds is 4. The highest BCUT2D eigenvalue weighted by molar-refractivity contribution is 6.30. The highest BCUT2D eigenvalue weighted by Gasteiger charge is 2.27. The first-order valence-corrected chi connectivity index (χ1v) is 8.81. The van der Waals surface area contributed by atoms with Crippen molar-refractivity contribution < 1.29 is 14.0 Å². The Morgan fingerprint density at radius 1 is 1.28 bits per heavy atom. The minimum absolute atomic E-state index is 0.0172. The first kappa shape index (κ1) is 19.7. The van der Waals surface area contributed by atoms with E-state index in [1.165, 1.54) is 18.2 Å². The number of carbonyl (C=O) groups excluding carboxylic acids is 2. The number of halogens is 2. The lowest BCUT2D eigenvalue weighted by Gasteiger charge is -2.31. The summed E-state index contributed by atoms with van der Waals surface area (Å²) in [5, 5.41) is 5.91. The molecular formula is C18H25ClFN3O2. The Bertz CT molecular complexity index is 638. The summed E-state index contributed by atoms with van der Waals surface area (Å²) in [6, 6.07) is 4.07. The Labute approximate surface area is 152 Å². The summed E-state index contributed by atoms with van der Waals surface area (Å²) in [5.41, 5.74) is -0.152. The van der Waals surface area contributed by atoms with E-state index in [0.717, 1.165) is 0 Å². The minimum atomic E-state index is -0.506. The molecule has 2 rings (SSSR count). The molecule has 0 unspecified atom stereocenters. The molecule has 1 saturated heterocycles. The molecule has 0 aliphatic carbocycles. The lowest BCUT2D eigenvalue weighted by atomic mass is 9.95. The summed E-state index contributed by atoms with van der Waals surface area (Å²) in [5.74, 6) is -0.925. The molecule has 138 valence electrons. The van der Waals surface area contributed by atoms with Crippen LogP contribution >= 0.6 is 11.6 Å². The monoisotopic (exact) mass is 369 g/mol. The average molecular weight is 370 g/mol. The van der Waals surface area contributed by atoms with Crippen LogP contribution in [0, 0.1) is 11.7 Å². The van der Waals surface area contributed by atoms with Crippen LogP contribution in [0.1, 0.15) is 33.6 Å². The van der Waals surface area contributed by atoms with Crippen LogP contribution in [0.2, 0.25) is 5.02 Å². The van der Waals surface area contributed by atoms with Crippen molar-refractivity contribution in [3.8, 4) is 0 Å². The SMILES string of the molecule is CC(C)(C)NC(=O)CN1CCC(C(=O)Nc2cc(Cl)ccc2F)CC1. The number of carbonyl (C=O) groups is 2. The number of anilines is 1. The Morgan fingerprint density at radius 2 is 1.92 bits per heavy atom. The van der Waals surface area contributed by atoms with Gasteiger partial charge >= 0.3 is 0 Å². The number of piperidine rings is 1. The second-order valence-corrected chi connectivity index (χ2v) is 7.90. The number of hydrogen-bond donors (Lipinski definition) is 2. The van der Waals surface area contributed by atoms with Gasteiger partial charge in [-0.15, -0.1) is 0 Å². The van der Waals surface area contributed by atoms with Gasteiger partial charge in [-0.1, -0.05) is 11.6 Å². The van der Waals surface area contributed by atoms with Crippen molar-refractivity contribution >= 4 is 29.1 Å². The van der Waals surface area contributed by atoms with Crippen LogP contribution in [0.3, 0.4) is 0 Å². The van der Waals surface area contributed by atoms with Gasteiger partial charge in [0.1, 0.15) is 5.82 Å². The zero-order valence-corrected chi connectivity index (χ0v) is 15.6. The van der Waals surface area contributed by atoms with E-state index >= 15 is 0 Å². The summed E-state index contributed by atoms with van der Waals surface area (Å²) in [6.45, 7) is 7.47. The van der Waals surface area contributed by atoms with Gasteiger partial charge < -0.3 is 10.6 Å². The summed E-state index contributed by atoms with van der Waals surface area (Å²) >= 11 is 5.84. The molecule has 1 aromatic rings. The van der Waals surface area contributed by atoms with Gasteiger partial charge in [-0.3, -0.25) is 14.5 Å². The highest BCUT2D eigenvalue weighted by atomic mass is 35.5. The van der Waals surface area contributed by atoms with Crippen molar-refractivity contribution in [2.75, 3.05) is 25.0 Å². The molecule has 0 atom stereocenters. The van der Waals surface area contributed by atoms with Crippen LogP contribution in [-0.2, 0) is 9.59 Å². The van der Waals surface area contributed by atoms with E-state index in [1.807, 2.05) is 25.7 Å². The van der Waals surface area contributed by atoms with E-state index in [4.69, 9.17) is 11.6 Å². The zero-order valence-electron chi connectivity index (χ0n) is 14.9. The second-order valence-electron chi connectivity index (χ2n) is 7.46. The van der Waals surface area contributed by atoms with Crippen LogP contribution in [0.4, 0.5) is 10.1 Å². The van der Waals surface area contributed by atoms with Gasteiger partial charge in [-0.05, 0) is 64.9 Å². The van der Waals surface area contributed by atoms with Crippen molar-refractivity contribution in [2.45, 2.75) is 39.2 Å². The molecule has 0 aromatic heterocycles. The average Bonchev–Trinajstić information content (AvgIpc) is 2.49. The number of hydrogen-bond acceptors (Lipinski definition) is 3. The van der Waals surface area contributed by atoms with Gasteiger partial charge in [-0.2, -0.15) is 0 Å². The van der Waals surface area contributed by atoms with Crippen LogP contribution in [0.5, 0.6) is 0 Å². The number of likely N-dealkylation sites (tertiary alicyclic amines) is 1. The maximum Gasteiger partial charge on any atom is 0.234 e. The third-order valence-electron chi connectivity index (χ3n) is 4.03. The van der Waals surface area contributed by atoms with Gasteiger partial charge in [0.05, 0.1) is 12.2 Å². The number of amides is 2. The quantitative estimate of drug-likeness (QED) is 0.857. The summed E-state index contributed by atoms with van der Waals surface area (Å²) in [4.78, 5) is 26.3. The Balaban J connectivity index is 1.82. The lowest BCUT2D eigenvalue weighted by molar-refractivity contribution is -0.124. The van der Waals surface area contributed by atoms with Crippen molar-refractivity contribution in [2.24, 2.45) is 5.92 Å². The predicted molar refractivity (Wildman–Crippen MR) is 97.1 cm³/mol. The molecule has 1 aromatic carbocycles. The normalized spacial score (nSPS) is 16.5. The number of nitrogens with zero attached hydrogens (tertiary/aromatic N) is 1. The molecule has 7 heteroatoms. The van der Waals surface area contributed by atoms with Crippen LogP contribution in [-0.4, -0.2) is 41.9 Å². The molecular weight excluding hydrogens is 345 g/mol. The van der Waals surface area contributed by atoms with Gasteiger partial charge in [0, 0.05) is 16.5 Å². The Hall–Kier alpha value is -1.66. The molecule has 0 saturated carbocycles. The highest BCUT2D eigenvalue weighted by Crippen LogP contribution is 2.23. The summed E-state index contributed by atoms with van der Waals surface area (Å²) in [7, 11) is 0. The summed E-state index contributed by atoms with van der Waals surface area (Å²) < 4.78 is 13.7. The summed E-state index contributed by atoms with van der Waals surface area (Å²) in [6.07, 6.45) is 1.27. The molecule has 1 aliphatic heterocycles. The maximum atomic E-state index is 13.7. The molecule has 5 nitrogen and oxygen atoms in total. The van der Waals surface area contributed by atoms with E-state index < -0.39 is 5.82 Å². The van der Waals surface area contributed by atoms with Crippen molar-refractivity contribution in [3.05, 3.63) is 29.0 Å². The van der Waals surface area contributed by atoms with Gasteiger partial charge in [0.25, 0.3) is 0 Å². The molecule has 1 fully saturated rings. The number of benzene rings is 1. The van der Waals surface area contributed by atoms with Gasteiger partial charge in [-0.25, -0.2) is 4.39 Å². The molecule has 2 N–H and O–H groups in total. The maximum absolute atomic E-state index is 13.7. The van der Waals surface area contributed by atoms with E-state index in [9.17, 15) is 14.0 Å². The van der Waals surface area contributed by atoms with E-state index in [0.29, 0.717) is 37.5 Å². The first-order chi connectivity index (χ1) is 11.6. The minimum Gasteiger partial charge on any atom is -0.350 e. The third kappa shape index (κ3) is 6.29. The molecule has 0 radical (unpaired) electrons. The van der Waals surface area contributed by atoms with Gasteiger partial charge in [0.2, 0.25) is 11.8 Å². The molecule has 25 heavy (non-hydrogen) atoms. The third-order valence-corrected chi connectivity index (χ3v) is 4.26. The van der Waals surface area contributed by atoms with E-state index in [1.54, 1.807) is 0 Å². The van der Waals surface area contributed by atoms with Crippen molar-refractivity contribution in [1.82, 2.24) is 10.2 Å². The Kier molecular flexibility index (Phi) is 6.41. The van der Waals surface area contributed by atoms with E-state index in [-0.39, 0.29) is 29.0 Å². The fourth-order valence-electron chi connectivity index (χ4n) is 2.84. The fourth-order valence-corrected chi connectivity index (χ4v) is 3.01.